The monoisotopic (exact) mass is 256 g/mol. The third kappa shape index (κ3) is 4.14. The molecule has 0 saturated carbocycles. The fourth-order valence-electron chi connectivity index (χ4n) is 2.69. The van der Waals surface area contributed by atoms with Gasteiger partial charge in [0.25, 0.3) is 0 Å². The fraction of sp³-hybridized carbons (Fsp3) is 0.923. The van der Waals surface area contributed by atoms with Crippen LogP contribution in [0.3, 0.4) is 0 Å². The lowest BCUT2D eigenvalue weighted by molar-refractivity contribution is -0.0216. The molecule has 0 radical (unpaired) electrons. The molecule has 5 nitrogen and oxygen atoms in total. The van der Waals surface area contributed by atoms with E-state index < -0.39 is 6.16 Å². The highest BCUT2D eigenvalue weighted by Gasteiger charge is 2.26. The summed E-state index contributed by atoms with van der Waals surface area (Å²) in [6, 6.07) is 0.825. The highest BCUT2D eigenvalue weighted by Crippen LogP contribution is 2.16. The Morgan fingerprint density at radius 1 is 0.944 bits per heavy atom. The Balaban J connectivity index is 1.71. The molecule has 5 heteroatoms. The standard InChI is InChI=1S/C13H24N2O3/c1-9-7-11(3-5-14-9)17-13(16)18-12-4-6-15-10(2)8-12/h9-12,14-15H,3-8H2,1-2H3. The van der Waals surface area contributed by atoms with Crippen LogP contribution in [0.2, 0.25) is 0 Å². The van der Waals surface area contributed by atoms with Gasteiger partial charge in [-0.1, -0.05) is 0 Å². The molecule has 2 aliphatic heterocycles. The van der Waals surface area contributed by atoms with Crippen molar-refractivity contribution in [2.75, 3.05) is 13.1 Å². The van der Waals surface area contributed by atoms with E-state index in [9.17, 15) is 4.79 Å². The molecule has 2 aliphatic rings. The molecule has 0 aromatic carbocycles. The van der Waals surface area contributed by atoms with Crippen LogP contribution in [0.15, 0.2) is 0 Å². The first kappa shape index (κ1) is 13.6. The summed E-state index contributed by atoms with van der Waals surface area (Å²) in [5.41, 5.74) is 0. The summed E-state index contributed by atoms with van der Waals surface area (Å²) < 4.78 is 10.8. The van der Waals surface area contributed by atoms with Crippen molar-refractivity contribution in [3.05, 3.63) is 0 Å². The van der Waals surface area contributed by atoms with Gasteiger partial charge in [0, 0.05) is 12.1 Å². The average molecular weight is 256 g/mol. The van der Waals surface area contributed by atoms with Gasteiger partial charge in [0.2, 0.25) is 0 Å². The molecule has 2 saturated heterocycles. The maximum Gasteiger partial charge on any atom is 0.508 e. The first-order valence-corrected chi connectivity index (χ1v) is 6.97. The van der Waals surface area contributed by atoms with Gasteiger partial charge in [0.1, 0.15) is 12.2 Å². The minimum atomic E-state index is -0.492. The first-order valence-electron chi connectivity index (χ1n) is 6.97. The summed E-state index contributed by atoms with van der Waals surface area (Å²) in [6.45, 7) is 6.03. The van der Waals surface area contributed by atoms with Gasteiger partial charge in [-0.25, -0.2) is 4.79 Å². The number of carbonyl (C=O) groups is 1. The second kappa shape index (κ2) is 6.38. The molecular weight excluding hydrogens is 232 g/mol. The van der Waals surface area contributed by atoms with E-state index in [1.807, 2.05) is 0 Å². The molecule has 4 atom stereocenters. The summed E-state index contributed by atoms with van der Waals surface area (Å²) in [7, 11) is 0. The van der Waals surface area contributed by atoms with E-state index in [1.165, 1.54) is 0 Å². The smallest absolute Gasteiger partial charge is 0.431 e. The molecule has 0 amide bonds. The molecule has 2 heterocycles. The van der Waals surface area contributed by atoms with Gasteiger partial charge in [-0.2, -0.15) is 0 Å². The van der Waals surface area contributed by atoms with E-state index in [0.717, 1.165) is 38.8 Å². The summed E-state index contributed by atoms with van der Waals surface area (Å²) in [6.07, 6.45) is 3.02. The van der Waals surface area contributed by atoms with Crippen LogP contribution in [-0.4, -0.2) is 43.5 Å². The molecule has 0 aromatic rings. The Kier molecular flexibility index (Phi) is 4.83. The number of hydrogen-bond acceptors (Lipinski definition) is 5. The van der Waals surface area contributed by atoms with Crippen molar-refractivity contribution in [1.29, 1.82) is 0 Å². The molecule has 0 spiro atoms. The fourth-order valence-corrected chi connectivity index (χ4v) is 2.69. The zero-order valence-electron chi connectivity index (χ0n) is 11.3. The van der Waals surface area contributed by atoms with Crippen LogP contribution in [0.1, 0.15) is 39.5 Å². The molecule has 2 fully saturated rings. The summed E-state index contributed by atoms with van der Waals surface area (Å²) in [5.74, 6) is 0. The van der Waals surface area contributed by atoms with Gasteiger partial charge < -0.3 is 20.1 Å². The van der Waals surface area contributed by atoms with E-state index in [1.54, 1.807) is 0 Å². The molecule has 4 unspecified atom stereocenters. The number of carbonyl (C=O) groups excluding carboxylic acids is 1. The van der Waals surface area contributed by atoms with Crippen LogP contribution < -0.4 is 10.6 Å². The van der Waals surface area contributed by atoms with Gasteiger partial charge in [-0.3, -0.25) is 0 Å². The van der Waals surface area contributed by atoms with E-state index in [2.05, 4.69) is 24.5 Å². The molecule has 0 aromatic heterocycles. The Labute approximate surface area is 109 Å². The second-order valence-electron chi connectivity index (χ2n) is 5.49. The average Bonchev–Trinajstić information content (AvgIpc) is 2.28. The molecule has 0 aliphatic carbocycles. The molecular formula is C13H24N2O3. The maximum atomic E-state index is 11.7. The van der Waals surface area contributed by atoms with Gasteiger partial charge in [0.15, 0.2) is 0 Å². The Hall–Kier alpha value is -0.810. The van der Waals surface area contributed by atoms with E-state index >= 15 is 0 Å². The lowest BCUT2D eigenvalue weighted by atomic mass is 10.0. The minimum absolute atomic E-state index is 0.00730. The zero-order chi connectivity index (χ0) is 13.0. The highest BCUT2D eigenvalue weighted by atomic mass is 16.7. The van der Waals surface area contributed by atoms with Gasteiger partial charge in [-0.05, 0) is 52.6 Å². The second-order valence-corrected chi connectivity index (χ2v) is 5.49. The Morgan fingerprint density at radius 2 is 1.39 bits per heavy atom. The predicted molar refractivity (Wildman–Crippen MR) is 68.5 cm³/mol. The van der Waals surface area contributed by atoms with Crippen LogP contribution in [-0.2, 0) is 9.47 Å². The van der Waals surface area contributed by atoms with E-state index in [0.29, 0.717) is 12.1 Å². The molecule has 2 rings (SSSR count). The molecule has 0 bridgehead atoms. The minimum Gasteiger partial charge on any atom is -0.431 e. The van der Waals surface area contributed by atoms with Crippen LogP contribution >= 0.6 is 0 Å². The summed E-state index contributed by atoms with van der Waals surface area (Å²) in [5, 5.41) is 6.66. The third-order valence-electron chi connectivity index (χ3n) is 3.68. The maximum absolute atomic E-state index is 11.7. The summed E-state index contributed by atoms with van der Waals surface area (Å²) in [4.78, 5) is 11.7. The van der Waals surface area contributed by atoms with Crippen molar-refractivity contribution < 1.29 is 14.3 Å². The number of ether oxygens (including phenoxy) is 2. The lowest BCUT2D eigenvalue weighted by Gasteiger charge is -2.30. The number of nitrogens with one attached hydrogen (secondary N) is 2. The molecule has 2 N–H and O–H groups in total. The number of hydrogen-bond donors (Lipinski definition) is 2. The number of piperidine rings is 2. The van der Waals surface area contributed by atoms with E-state index in [4.69, 9.17) is 9.47 Å². The van der Waals surface area contributed by atoms with Crippen LogP contribution in [0.4, 0.5) is 4.79 Å². The topological polar surface area (TPSA) is 59.6 Å². The summed E-state index contributed by atoms with van der Waals surface area (Å²) >= 11 is 0. The molecule has 18 heavy (non-hydrogen) atoms. The van der Waals surface area contributed by atoms with Crippen molar-refractivity contribution in [2.45, 2.75) is 63.8 Å². The van der Waals surface area contributed by atoms with Crippen LogP contribution in [0.25, 0.3) is 0 Å². The van der Waals surface area contributed by atoms with Gasteiger partial charge >= 0.3 is 6.16 Å². The Bertz CT molecular complexity index is 259. The van der Waals surface area contributed by atoms with Crippen molar-refractivity contribution in [1.82, 2.24) is 10.6 Å². The number of rotatable bonds is 2. The van der Waals surface area contributed by atoms with Crippen molar-refractivity contribution in [3.8, 4) is 0 Å². The predicted octanol–water partition coefficient (Wildman–Crippen LogP) is 1.42. The third-order valence-corrected chi connectivity index (χ3v) is 3.68. The zero-order valence-corrected chi connectivity index (χ0v) is 11.3. The van der Waals surface area contributed by atoms with Gasteiger partial charge in [-0.15, -0.1) is 0 Å². The SMILES string of the molecule is CC1CC(OC(=O)OC2CCNC(C)C2)CCN1. The quantitative estimate of drug-likeness (QED) is 0.732. The first-order chi connectivity index (χ1) is 8.63. The molecule has 104 valence electrons. The van der Waals surface area contributed by atoms with E-state index in [-0.39, 0.29) is 12.2 Å². The highest BCUT2D eigenvalue weighted by molar-refractivity contribution is 5.60. The Morgan fingerprint density at radius 3 is 1.78 bits per heavy atom. The van der Waals surface area contributed by atoms with Crippen LogP contribution in [0.5, 0.6) is 0 Å². The normalized spacial score (nSPS) is 37.0. The van der Waals surface area contributed by atoms with Gasteiger partial charge in [0.05, 0.1) is 0 Å². The van der Waals surface area contributed by atoms with Crippen molar-refractivity contribution in [2.24, 2.45) is 0 Å². The largest absolute Gasteiger partial charge is 0.508 e. The van der Waals surface area contributed by atoms with Crippen molar-refractivity contribution >= 4 is 6.16 Å². The van der Waals surface area contributed by atoms with Crippen molar-refractivity contribution in [3.63, 3.8) is 0 Å². The lowest BCUT2D eigenvalue weighted by Crippen LogP contribution is -2.42. The van der Waals surface area contributed by atoms with Crippen LogP contribution in [0, 0.1) is 0 Å².